The van der Waals surface area contributed by atoms with Crippen molar-refractivity contribution in [2.75, 3.05) is 5.73 Å². The maximum Gasteiger partial charge on any atom is 0.0323 e. The van der Waals surface area contributed by atoms with Gasteiger partial charge in [-0.3, -0.25) is 0 Å². The molecule has 1 heteroatoms. The van der Waals surface area contributed by atoms with E-state index >= 15 is 0 Å². The van der Waals surface area contributed by atoms with Crippen LogP contribution in [0.15, 0.2) is 121 Å². The van der Waals surface area contributed by atoms with E-state index in [4.69, 9.17) is 5.73 Å². The van der Waals surface area contributed by atoms with Gasteiger partial charge >= 0.3 is 0 Å². The first-order chi connectivity index (χ1) is 23.4. The Morgan fingerprint density at radius 3 is 1.92 bits per heavy atom. The van der Waals surface area contributed by atoms with Crippen molar-refractivity contribution in [2.24, 2.45) is 0 Å². The summed E-state index contributed by atoms with van der Waals surface area (Å²) < 4.78 is 0. The third kappa shape index (κ3) is 3.67. The molecule has 0 radical (unpaired) electrons. The summed E-state index contributed by atoms with van der Waals surface area (Å²) in [6, 6.07) is 45.8. The number of nitrogens with two attached hydrogens (primary N) is 1. The van der Waals surface area contributed by atoms with E-state index in [0.29, 0.717) is 5.92 Å². The lowest BCUT2D eigenvalue weighted by Gasteiger charge is -2.17. The summed E-state index contributed by atoms with van der Waals surface area (Å²) in [5.41, 5.74) is 27.0. The van der Waals surface area contributed by atoms with Gasteiger partial charge in [-0.15, -0.1) is 0 Å². The van der Waals surface area contributed by atoms with Crippen LogP contribution >= 0.6 is 0 Å². The first kappa shape index (κ1) is 27.5. The summed E-state index contributed by atoms with van der Waals surface area (Å²) in [5.74, 6) is 0.323. The third-order valence-corrected chi connectivity index (χ3v) is 11.2. The van der Waals surface area contributed by atoms with Crippen molar-refractivity contribution in [3.8, 4) is 55.6 Å². The molecule has 0 saturated carbocycles. The van der Waals surface area contributed by atoms with Crippen molar-refractivity contribution in [3.05, 3.63) is 149 Å². The highest BCUT2D eigenvalue weighted by Gasteiger charge is 2.29. The molecule has 10 rings (SSSR count). The SMILES string of the molecule is Cc1ccc2c(c1)c(-c1ccc3c(c1)C(C)c1cc(-c4ccccc4)ccc1-3)cc1c3ccc(C)c4c3c(cc21)-c1cc(N)cc(C)c1-4. The van der Waals surface area contributed by atoms with Gasteiger partial charge in [0.15, 0.2) is 0 Å². The molecule has 8 aromatic carbocycles. The lowest BCUT2D eigenvalue weighted by atomic mass is 9.87. The third-order valence-electron chi connectivity index (χ3n) is 11.2. The smallest absolute Gasteiger partial charge is 0.0323 e. The van der Waals surface area contributed by atoms with Crippen LogP contribution in [0, 0.1) is 20.8 Å². The average Bonchev–Trinajstić information content (AvgIpc) is 3.58. The monoisotopic (exact) mass is 613 g/mol. The van der Waals surface area contributed by atoms with E-state index in [9.17, 15) is 0 Å². The van der Waals surface area contributed by atoms with Crippen molar-refractivity contribution in [1.82, 2.24) is 0 Å². The minimum atomic E-state index is 0.323. The molecule has 1 atom stereocenters. The van der Waals surface area contributed by atoms with E-state index in [-0.39, 0.29) is 0 Å². The number of benzene rings is 8. The molecule has 0 fully saturated rings. The van der Waals surface area contributed by atoms with Gasteiger partial charge in [0.25, 0.3) is 0 Å². The minimum absolute atomic E-state index is 0.323. The van der Waals surface area contributed by atoms with Crippen LogP contribution in [0.2, 0.25) is 0 Å². The second-order valence-corrected chi connectivity index (χ2v) is 14.1. The Hall–Kier alpha value is -5.66. The molecule has 1 nitrogen and oxygen atoms in total. The Morgan fingerprint density at radius 2 is 1.12 bits per heavy atom. The van der Waals surface area contributed by atoms with E-state index in [0.717, 1.165) is 5.69 Å². The van der Waals surface area contributed by atoms with Crippen molar-refractivity contribution in [2.45, 2.75) is 33.6 Å². The molecule has 1 unspecified atom stereocenters. The number of anilines is 1. The zero-order valence-electron chi connectivity index (χ0n) is 27.7. The predicted octanol–water partition coefficient (Wildman–Crippen LogP) is 12.8. The Kier molecular flexibility index (Phi) is 5.54. The fourth-order valence-electron chi connectivity index (χ4n) is 8.98. The second kappa shape index (κ2) is 9.69. The van der Waals surface area contributed by atoms with Crippen molar-refractivity contribution >= 4 is 38.0 Å². The van der Waals surface area contributed by atoms with Gasteiger partial charge < -0.3 is 5.73 Å². The van der Waals surface area contributed by atoms with E-state index in [2.05, 4.69) is 149 Å². The maximum atomic E-state index is 6.45. The topological polar surface area (TPSA) is 26.0 Å². The van der Waals surface area contributed by atoms with Crippen molar-refractivity contribution in [3.63, 3.8) is 0 Å². The Bertz CT molecular complexity index is 2710. The summed E-state index contributed by atoms with van der Waals surface area (Å²) in [6.07, 6.45) is 0. The fourth-order valence-corrected chi connectivity index (χ4v) is 8.98. The molecule has 0 amide bonds. The number of fused-ring (bicyclic) bond motifs is 10. The van der Waals surface area contributed by atoms with Crippen molar-refractivity contribution < 1.29 is 0 Å². The molecule has 228 valence electrons. The largest absolute Gasteiger partial charge is 0.399 e. The van der Waals surface area contributed by atoms with Gasteiger partial charge in [-0.25, -0.2) is 0 Å². The molecule has 0 spiro atoms. The number of nitrogen functional groups attached to an aromatic ring is 1. The van der Waals surface area contributed by atoms with Gasteiger partial charge in [-0.2, -0.15) is 0 Å². The Labute approximate surface area is 281 Å². The van der Waals surface area contributed by atoms with Gasteiger partial charge in [-0.1, -0.05) is 97.4 Å². The number of hydrogen-bond donors (Lipinski definition) is 1. The van der Waals surface area contributed by atoms with E-state index in [1.807, 2.05) is 0 Å². The van der Waals surface area contributed by atoms with Gasteiger partial charge in [-0.05, 0) is 167 Å². The van der Waals surface area contributed by atoms with Gasteiger partial charge in [0.2, 0.25) is 0 Å². The summed E-state index contributed by atoms with van der Waals surface area (Å²) in [4.78, 5) is 0. The van der Waals surface area contributed by atoms with E-state index in [1.54, 1.807) is 0 Å². The van der Waals surface area contributed by atoms with Crippen LogP contribution in [0.25, 0.3) is 88.0 Å². The summed E-state index contributed by atoms with van der Waals surface area (Å²) >= 11 is 0. The van der Waals surface area contributed by atoms with Crippen LogP contribution < -0.4 is 5.73 Å². The van der Waals surface area contributed by atoms with E-state index < -0.39 is 0 Å². The lowest BCUT2D eigenvalue weighted by Crippen LogP contribution is -1.92. The second-order valence-electron chi connectivity index (χ2n) is 14.1. The highest BCUT2D eigenvalue weighted by molar-refractivity contribution is 6.29. The van der Waals surface area contributed by atoms with Crippen molar-refractivity contribution in [1.29, 1.82) is 0 Å². The first-order valence-electron chi connectivity index (χ1n) is 17.0. The van der Waals surface area contributed by atoms with Crippen LogP contribution in [-0.4, -0.2) is 0 Å². The number of rotatable bonds is 2. The molecule has 8 aromatic rings. The van der Waals surface area contributed by atoms with Crippen LogP contribution in [0.3, 0.4) is 0 Å². The molecule has 0 bridgehead atoms. The normalized spacial score (nSPS) is 14.1. The highest BCUT2D eigenvalue weighted by atomic mass is 14.5. The molecule has 2 aliphatic rings. The maximum absolute atomic E-state index is 6.45. The molecular formula is C47H35N. The first-order valence-corrected chi connectivity index (χ1v) is 17.0. The molecule has 48 heavy (non-hydrogen) atoms. The van der Waals surface area contributed by atoms with E-state index in [1.165, 1.54) is 116 Å². The van der Waals surface area contributed by atoms with Crippen LogP contribution in [-0.2, 0) is 0 Å². The molecule has 2 aliphatic carbocycles. The summed E-state index contributed by atoms with van der Waals surface area (Å²) in [5, 5.41) is 7.88. The number of aryl methyl sites for hydroxylation is 3. The molecular weight excluding hydrogens is 579 g/mol. The van der Waals surface area contributed by atoms with Gasteiger partial charge in [0.05, 0.1) is 0 Å². The zero-order chi connectivity index (χ0) is 32.4. The molecule has 0 aromatic heterocycles. The quantitative estimate of drug-likeness (QED) is 0.152. The predicted molar refractivity (Wildman–Crippen MR) is 206 cm³/mol. The minimum Gasteiger partial charge on any atom is -0.399 e. The molecule has 0 heterocycles. The Balaban J connectivity index is 1.21. The fraction of sp³-hybridized carbons (Fsp3) is 0.106. The van der Waals surface area contributed by atoms with Crippen LogP contribution in [0.5, 0.6) is 0 Å². The Morgan fingerprint density at radius 1 is 0.438 bits per heavy atom. The standard InChI is InChI=1S/C47H35N/c1-25-10-14-35-40(18-25)39(31-13-17-34-33-16-12-30(29-8-6-5-7-9-29)20-37(33)28(4)38(34)21-31)23-42-36-15-11-26(2)46-45-27(3)19-32(48)22-43(45)44(47(36)46)24-41(35)42/h5-24,28H,48H2,1-4H3. The average molecular weight is 614 g/mol. The van der Waals surface area contributed by atoms with Gasteiger partial charge in [0, 0.05) is 11.6 Å². The molecule has 0 aliphatic heterocycles. The highest BCUT2D eigenvalue weighted by Crippen LogP contribution is 2.54. The summed E-state index contributed by atoms with van der Waals surface area (Å²) in [6.45, 7) is 9.02. The molecule has 0 saturated heterocycles. The zero-order valence-corrected chi connectivity index (χ0v) is 27.7. The summed E-state index contributed by atoms with van der Waals surface area (Å²) in [7, 11) is 0. The number of hydrogen-bond acceptors (Lipinski definition) is 1. The van der Waals surface area contributed by atoms with Gasteiger partial charge in [0.1, 0.15) is 0 Å². The van der Waals surface area contributed by atoms with Crippen LogP contribution in [0.1, 0.15) is 40.7 Å². The van der Waals surface area contributed by atoms with Crippen LogP contribution in [0.4, 0.5) is 5.69 Å². The lowest BCUT2D eigenvalue weighted by molar-refractivity contribution is 0.957. The molecule has 2 N–H and O–H groups in total.